The molecule has 1 saturated heterocycles. The van der Waals surface area contributed by atoms with Gasteiger partial charge >= 0.3 is 6.03 Å². The molecule has 27 heavy (non-hydrogen) atoms. The Morgan fingerprint density at radius 2 is 1.93 bits per heavy atom. The molecule has 1 N–H and O–H groups in total. The molecule has 2 aromatic carbocycles. The molecule has 138 valence electrons. The highest BCUT2D eigenvalue weighted by Crippen LogP contribution is 2.40. The zero-order valence-electron chi connectivity index (χ0n) is 14.0. The number of carbonyl (C=O) groups excluding carboxylic acids is 3. The molecule has 2 aliphatic rings. The second-order valence-electron chi connectivity index (χ2n) is 6.37. The largest absolute Gasteiger partial charge is 0.493 e. The molecule has 0 unspecified atom stereocenters. The molecular weight excluding hydrogens is 358 g/mol. The van der Waals surface area contributed by atoms with Gasteiger partial charge in [0.1, 0.15) is 5.75 Å². The standard InChI is InChI=1S/C19H14F2N2O4/c20-13-6-5-11(9-14(13)21)15(24)10-23-17(25)19(22-18(23)26)7-8-27-16-4-2-1-3-12(16)19/h1-6,9H,7-8,10H2,(H,22,26)/t19-/m0/s1. The highest BCUT2D eigenvalue weighted by Gasteiger charge is 2.55. The van der Waals surface area contributed by atoms with Gasteiger partial charge in [0.15, 0.2) is 23.0 Å². The molecule has 0 aliphatic carbocycles. The highest BCUT2D eigenvalue weighted by molar-refractivity contribution is 6.11. The van der Waals surface area contributed by atoms with E-state index in [1.807, 2.05) is 0 Å². The van der Waals surface area contributed by atoms with Crippen molar-refractivity contribution in [3.05, 3.63) is 65.2 Å². The van der Waals surface area contributed by atoms with Crippen molar-refractivity contribution in [3.63, 3.8) is 0 Å². The Balaban J connectivity index is 1.63. The van der Waals surface area contributed by atoms with Crippen molar-refractivity contribution in [1.82, 2.24) is 10.2 Å². The molecule has 1 fully saturated rings. The average Bonchev–Trinajstić information content (AvgIpc) is 2.89. The normalized spacial score (nSPS) is 21.0. The number of Topliss-reactive ketones (excluding diaryl/α,β-unsaturated/α-hetero) is 1. The number of ether oxygens (including phenoxy) is 1. The first-order valence-electron chi connectivity index (χ1n) is 8.27. The lowest BCUT2D eigenvalue weighted by molar-refractivity contribution is -0.132. The van der Waals surface area contributed by atoms with Crippen molar-refractivity contribution in [2.45, 2.75) is 12.0 Å². The van der Waals surface area contributed by atoms with Gasteiger partial charge < -0.3 is 10.1 Å². The SMILES string of the molecule is O=C(CN1C(=O)N[C@]2(CCOc3ccccc32)C1=O)c1ccc(F)c(F)c1. The second-order valence-corrected chi connectivity index (χ2v) is 6.37. The van der Waals surface area contributed by atoms with Gasteiger partial charge in [0.25, 0.3) is 5.91 Å². The van der Waals surface area contributed by atoms with Crippen LogP contribution in [0.5, 0.6) is 5.75 Å². The third kappa shape index (κ3) is 2.64. The maximum Gasteiger partial charge on any atom is 0.325 e. The number of imide groups is 1. The van der Waals surface area contributed by atoms with E-state index in [9.17, 15) is 23.2 Å². The van der Waals surface area contributed by atoms with Crippen LogP contribution in [0.1, 0.15) is 22.3 Å². The number of rotatable bonds is 3. The fraction of sp³-hybridized carbons (Fsp3) is 0.211. The number of hydrogen-bond donors (Lipinski definition) is 1. The van der Waals surface area contributed by atoms with Crippen LogP contribution in [0.25, 0.3) is 0 Å². The molecule has 2 heterocycles. The minimum Gasteiger partial charge on any atom is -0.493 e. The Morgan fingerprint density at radius 3 is 2.70 bits per heavy atom. The van der Waals surface area contributed by atoms with Crippen molar-refractivity contribution in [3.8, 4) is 5.75 Å². The van der Waals surface area contributed by atoms with Gasteiger partial charge in [-0.15, -0.1) is 0 Å². The molecule has 1 atom stereocenters. The third-order valence-corrected chi connectivity index (χ3v) is 4.80. The van der Waals surface area contributed by atoms with Crippen molar-refractivity contribution >= 4 is 17.7 Å². The minimum absolute atomic E-state index is 0.122. The van der Waals surface area contributed by atoms with Crippen LogP contribution in [-0.4, -0.2) is 35.8 Å². The third-order valence-electron chi connectivity index (χ3n) is 4.80. The van der Waals surface area contributed by atoms with E-state index in [1.165, 1.54) is 0 Å². The van der Waals surface area contributed by atoms with Crippen molar-refractivity contribution < 1.29 is 27.9 Å². The molecular formula is C19H14F2N2O4. The smallest absolute Gasteiger partial charge is 0.325 e. The molecule has 0 saturated carbocycles. The van der Waals surface area contributed by atoms with Gasteiger partial charge in [-0.1, -0.05) is 18.2 Å². The number of urea groups is 1. The number of nitrogens with zero attached hydrogens (tertiary/aromatic N) is 1. The Bertz CT molecular complexity index is 978. The number of benzene rings is 2. The summed E-state index contributed by atoms with van der Waals surface area (Å²) in [6.07, 6.45) is 0.227. The minimum atomic E-state index is -1.29. The zero-order valence-corrected chi connectivity index (χ0v) is 14.0. The summed E-state index contributed by atoms with van der Waals surface area (Å²) >= 11 is 0. The summed E-state index contributed by atoms with van der Waals surface area (Å²) in [5, 5.41) is 2.67. The highest BCUT2D eigenvalue weighted by atomic mass is 19.2. The van der Waals surface area contributed by atoms with Crippen LogP contribution in [0, 0.1) is 11.6 Å². The molecule has 3 amide bonds. The van der Waals surface area contributed by atoms with Crippen LogP contribution in [0.2, 0.25) is 0 Å². The quantitative estimate of drug-likeness (QED) is 0.663. The van der Waals surface area contributed by atoms with Crippen LogP contribution in [-0.2, 0) is 10.3 Å². The predicted octanol–water partition coefficient (Wildman–Crippen LogP) is 2.38. The molecule has 4 rings (SSSR count). The fourth-order valence-electron chi connectivity index (χ4n) is 3.42. The van der Waals surface area contributed by atoms with E-state index in [-0.39, 0.29) is 18.6 Å². The number of ketones is 1. The number of halogens is 2. The molecule has 0 aromatic heterocycles. The number of amides is 3. The van der Waals surface area contributed by atoms with E-state index in [4.69, 9.17) is 4.74 Å². The lowest BCUT2D eigenvalue weighted by Gasteiger charge is -2.33. The molecule has 0 bridgehead atoms. The van der Waals surface area contributed by atoms with Crippen molar-refractivity contribution in [2.75, 3.05) is 13.2 Å². The summed E-state index contributed by atoms with van der Waals surface area (Å²) in [6.45, 7) is -0.339. The van der Waals surface area contributed by atoms with Crippen LogP contribution >= 0.6 is 0 Å². The van der Waals surface area contributed by atoms with E-state index in [0.29, 0.717) is 11.3 Å². The summed E-state index contributed by atoms with van der Waals surface area (Å²) in [4.78, 5) is 38.6. The maximum atomic E-state index is 13.4. The van der Waals surface area contributed by atoms with Crippen molar-refractivity contribution in [1.29, 1.82) is 0 Å². The van der Waals surface area contributed by atoms with Gasteiger partial charge in [-0.3, -0.25) is 14.5 Å². The van der Waals surface area contributed by atoms with Crippen LogP contribution in [0.4, 0.5) is 13.6 Å². The van der Waals surface area contributed by atoms with Gasteiger partial charge in [-0.05, 0) is 24.3 Å². The number of hydrogen-bond acceptors (Lipinski definition) is 4. The lowest BCUT2D eigenvalue weighted by Crippen LogP contribution is -2.47. The predicted molar refractivity (Wildman–Crippen MR) is 89.2 cm³/mol. The van der Waals surface area contributed by atoms with Gasteiger partial charge in [0.2, 0.25) is 0 Å². The molecule has 2 aromatic rings. The van der Waals surface area contributed by atoms with Gasteiger partial charge in [-0.2, -0.15) is 0 Å². The number of nitrogens with one attached hydrogen (secondary N) is 1. The van der Waals surface area contributed by atoms with E-state index >= 15 is 0 Å². The van der Waals surface area contributed by atoms with Crippen LogP contribution in [0.15, 0.2) is 42.5 Å². The Hall–Kier alpha value is -3.29. The Labute approximate surface area is 152 Å². The average molecular weight is 372 g/mol. The lowest BCUT2D eigenvalue weighted by atomic mass is 9.84. The molecule has 6 nitrogen and oxygen atoms in total. The number of carbonyl (C=O) groups is 3. The first-order chi connectivity index (χ1) is 12.9. The summed E-state index contributed by atoms with van der Waals surface area (Å²) in [5.41, 5.74) is -0.888. The molecule has 8 heteroatoms. The molecule has 1 spiro atoms. The van der Waals surface area contributed by atoms with E-state index < -0.39 is 41.4 Å². The molecule has 2 aliphatic heterocycles. The van der Waals surface area contributed by atoms with Gasteiger partial charge in [-0.25, -0.2) is 13.6 Å². The Kier molecular flexibility index (Phi) is 3.91. The van der Waals surface area contributed by atoms with E-state index in [0.717, 1.165) is 23.1 Å². The number of fused-ring (bicyclic) bond motifs is 2. The summed E-state index contributed by atoms with van der Waals surface area (Å²) in [6, 6.07) is 8.83. The monoisotopic (exact) mass is 372 g/mol. The molecule has 0 radical (unpaired) electrons. The van der Waals surface area contributed by atoms with Crippen LogP contribution in [0.3, 0.4) is 0 Å². The Morgan fingerprint density at radius 1 is 1.15 bits per heavy atom. The van der Waals surface area contributed by atoms with E-state index in [2.05, 4.69) is 5.32 Å². The topological polar surface area (TPSA) is 75.7 Å². The summed E-state index contributed by atoms with van der Waals surface area (Å²) in [5.74, 6) is -3.01. The van der Waals surface area contributed by atoms with Gasteiger partial charge in [0, 0.05) is 17.5 Å². The van der Waals surface area contributed by atoms with Gasteiger partial charge in [0.05, 0.1) is 13.2 Å². The maximum absolute atomic E-state index is 13.4. The van der Waals surface area contributed by atoms with Crippen molar-refractivity contribution in [2.24, 2.45) is 0 Å². The summed E-state index contributed by atoms with van der Waals surface area (Å²) < 4.78 is 31.9. The second kappa shape index (κ2) is 6.15. The van der Waals surface area contributed by atoms with Crippen LogP contribution < -0.4 is 10.1 Å². The van der Waals surface area contributed by atoms with E-state index in [1.54, 1.807) is 24.3 Å². The summed E-state index contributed by atoms with van der Waals surface area (Å²) in [7, 11) is 0. The first-order valence-corrected chi connectivity index (χ1v) is 8.27. The first kappa shape index (κ1) is 17.1. The zero-order chi connectivity index (χ0) is 19.2. The fourth-order valence-corrected chi connectivity index (χ4v) is 3.42. The number of para-hydroxylation sites is 1.